The first kappa shape index (κ1) is 12.2. The van der Waals surface area contributed by atoms with Crippen LogP contribution in [0, 0.1) is 5.92 Å². The topological polar surface area (TPSA) is 32.9 Å². The predicted molar refractivity (Wildman–Crippen MR) is 78.5 cm³/mol. The molecule has 0 radical (unpaired) electrons. The van der Waals surface area contributed by atoms with Crippen molar-refractivity contribution in [3.05, 3.63) is 47.2 Å². The molecule has 0 amide bonds. The van der Waals surface area contributed by atoms with Gasteiger partial charge in [0.1, 0.15) is 0 Å². The van der Waals surface area contributed by atoms with E-state index in [1.54, 1.807) is 0 Å². The van der Waals surface area contributed by atoms with Gasteiger partial charge in [-0.05, 0) is 42.4 Å². The van der Waals surface area contributed by atoms with E-state index >= 15 is 0 Å². The number of aromatic nitrogens is 1. The number of carbonyl (C=O) groups excluding carboxylic acids is 1. The molecule has 0 saturated carbocycles. The van der Waals surface area contributed by atoms with Crippen LogP contribution in [-0.4, -0.2) is 10.8 Å². The molecule has 2 aromatic rings. The molecule has 1 N–H and O–H groups in total. The summed E-state index contributed by atoms with van der Waals surface area (Å²) < 4.78 is 0. The first-order valence-electron chi connectivity index (χ1n) is 7.00. The minimum absolute atomic E-state index is 0.193. The highest BCUT2D eigenvalue weighted by Crippen LogP contribution is 2.31. The van der Waals surface area contributed by atoms with E-state index in [2.05, 4.69) is 31.0 Å². The number of ketones is 1. The summed E-state index contributed by atoms with van der Waals surface area (Å²) in [6.45, 7) is 4.36. The number of fused-ring (bicyclic) bond motifs is 3. The fraction of sp³-hybridized carbons (Fsp3) is 0.353. The molecule has 0 aliphatic heterocycles. The van der Waals surface area contributed by atoms with Crippen molar-refractivity contribution in [2.45, 2.75) is 33.1 Å². The second-order valence-electron chi connectivity index (χ2n) is 5.71. The van der Waals surface area contributed by atoms with Crippen LogP contribution in [-0.2, 0) is 6.42 Å². The standard InChI is InChI=1S/C17H19NO/c1-11(2)7-8-12-9-10-14-13-5-3-4-6-15(13)18-16(14)17(12)19/h3-6,8,11,18H,7,9-10H2,1-2H3/b12-8-. The smallest absolute Gasteiger partial charge is 0.205 e. The quantitative estimate of drug-likeness (QED) is 0.796. The number of para-hydroxylation sites is 1. The second-order valence-corrected chi connectivity index (χ2v) is 5.71. The number of hydrogen-bond acceptors (Lipinski definition) is 1. The van der Waals surface area contributed by atoms with Crippen LogP contribution in [0.4, 0.5) is 0 Å². The molecule has 1 aliphatic rings. The van der Waals surface area contributed by atoms with Crippen LogP contribution in [0.5, 0.6) is 0 Å². The fourth-order valence-corrected chi connectivity index (χ4v) is 2.76. The van der Waals surface area contributed by atoms with Crippen LogP contribution >= 0.6 is 0 Å². The Kier molecular flexibility index (Phi) is 3.02. The molecule has 0 fully saturated rings. The van der Waals surface area contributed by atoms with Crippen LogP contribution < -0.4 is 0 Å². The van der Waals surface area contributed by atoms with E-state index in [0.717, 1.165) is 36.0 Å². The van der Waals surface area contributed by atoms with Crippen LogP contribution in [0.25, 0.3) is 10.9 Å². The van der Waals surface area contributed by atoms with Gasteiger partial charge in [-0.2, -0.15) is 0 Å². The summed E-state index contributed by atoms with van der Waals surface area (Å²) in [6, 6.07) is 8.18. The first-order chi connectivity index (χ1) is 9.16. The van der Waals surface area contributed by atoms with Gasteiger partial charge in [-0.15, -0.1) is 0 Å². The average molecular weight is 253 g/mol. The summed E-state index contributed by atoms with van der Waals surface area (Å²) in [5.74, 6) is 0.794. The van der Waals surface area contributed by atoms with E-state index in [1.807, 2.05) is 18.2 Å². The van der Waals surface area contributed by atoms with E-state index in [9.17, 15) is 4.79 Å². The van der Waals surface area contributed by atoms with Crippen LogP contribution in [0.2, 0.25) is 0 Å². The van der Waals surface area contributed by atoms with Gasteiger partial charge in [0, 0.05) is 10.9 Å². The van der Waals surface area contributed by atoms with Crippen molar-refractivity contribution in [2.24, 2.45) is 5.92 Å². The van der Waals surface area contributed by atoms with Gasteiger partial charge < -0.3 is 4.98 Å². The number of aromatic amines is 1. The van der Waals surface area contributed by atoms with E-state index in [0.29, 0.717) is 5.92 Å². The lowest BCUT2D eigenvalue weighted by molar-refractivity contribution is 0.102. The van der Waals surface area contributed by atoms with Crippen molar-refractivity contribution in [3.8, 4) is 0 Å². The minimum atomic E-state index is 0.193. The van der Waals surface area contributed by atoms with Gasteiger partial charge in [-0.3, -0.25) is 4.79 Å². The average Bonchev–Trinajstić information content (AvgIpc) is 2.77. The fourth-order valence-electron chi connectivity index (χ4n) is 2.76. The molecule has 3 rings (SSSR count). The highest BCUT2D eigenvalue weighted by molar-refractivity contribution is 6.12. The number of benzene rings is 1. The maximum atomic E-state index is 12.5. The van der Waals surface area contributed by atoms with Gasteiger partial charge in [0.25, 0.3) is 0 Å². The molecule has 1 aliphatic carbocycles. The number of Topliss-reactive ketones (excluding diaryl/α,β-unsaturated/α-hetero) is 1. The summed E-state index contributed by atoms with van der Waals surface area (Å²) in [5.41, 5.74) is 4.06. The normalized spacial score (nSPS) is 17.4. The van der Waals surface area contributed by atoms with Gasteiger partial charge in [-0.25, -0.2) is 0 Å². The van der Waals surface area contributed by atoms with Crippen LogP contribution in [0.15, 0.2) is 35.9 Å². The highest BCUT2D eigenvalue weighted by atomic mass is 16.1. The minimum Gasteiger partial charge on any atom is -0.352 e. The summed E-state index contributed by atoms with van der Waals surface area (Å²) >= 11 is 0. The number of nitrogens with one attached hydrogen (secondary N) is 1. The lowest BCUT2D eigenvalue weighted by Gasteiger charge is -2.14. The summed E-state index contributed by atoms with van der Waals surface area (Å²) in [5, 5.41) is 1.20. The van der Waals surface area contributed by atoms with Gasteiger partial charge >= 0.3 is 0 Å². The Morgan fingerprint density at radius 2 is 2.05 bits per heavy atom. The third-order valence-electron chi connectivity index (χ3n) is 3.81. The summed E-state index contributed by atoms with van der Waals surface area (Å²) in [6.07, 6.45) is 4.95. The zero-order valence-electron chi connectivity index (χ0n) is 11.5. The Balaban J connectivity index is 2.02. The molecule has 98 valence electrons. The molecular weight excluding hydrogens is 234 g/mol. The van der Waals surface area contributed by atoms with Crippen LogP contribution in [0.1, 0.15) is 42.7 Å². The largest absolute Gasteiger partial charge is 0.352 e. The molecule has 0 spiro atoms. The Bertz CT molecular complexity index is 661. The number of aryl methyl sites for hydroxylation is 1. The number of carbonyl (C=O) groups is 1. The number of H-pyrrole nitrogens is 1. The zero-order valence-corrected chi connectivity index (χ0v) is 11.5. The zero-order chi connectivity index (χ0) is 13.4. The van der Waals surface area contributed by atoms with Gasteiger partial charge in [-0.1, -0.05) is 38.1 Å². The lowest BCUT2D eigenvalue weighted by Crippen LogP contribution is -2.13. The summed E-state index contributed by atoms with van der Waals surface area (Å²) in [4.78, 5) is 15.8. The Morgan fingerprint density at radius 3 is 2.84 bits per heavy atom. The Hall–Kier alpha value is -1.83. The first-order valence-corrected chi connectivity index (χ1v) is 7.00. The number of allylic oxidation sites excluding steroid dienone is 2. The Labute approximate surface area is 113 Å². The van der Waals surface area contributed by atoms with E-state index < -0.39 is 0 Å². The molecule has 2 heteroatoms. The monoisotopic (exact) mass is 253 g/mol. The van der Waals surface area contributed by atoms with Gasteiger partial charge in [0.15, 0.2) is 0 Å². The molecule has 19 heavy (non-hydrogen) atoms. The molecule has 0 bridgehead atoms. The molecule has 1 heterocycles. The molecule has 2 nitrogen and oxygen atoms in total. The molecule has 0 unspecified atom stereocenters. The van der Waals surface area contributed by atoms with Crippen molar-refractivity contribution in [3.63, 3.8) is 0 Å². The maximum Gasteiger partial charge on any atom is 0.205 e. The van der Waals surface area contributed by atoms with Crippen molar-refractivity contribution in [1.82, 2.24) is 4.98 Å². The third-order valence-corrected chi connectivity index (χ3v) is 3.81. The van der Waals surface area contributed by atoms with Crippen molar-refractivity contribution in [1.29, 1.82) is 0 Å². The van der Waals surface area contributed by atoms with Gasteiger partial charge in [0.05, 0.1) is 5.69 Å². The number of hydrogen-bond donors (Lipinski definition) is 1. The van der Waals surface area contributed by atoms with Gasteiger partial charge in [0.2, 0.25) is 5.78 Å². The highest BCUT2D eigenvalue weighted by Gasteiger charge is 2.25. The van der Waals surface area contributed by atoms with E-state index in [-0.39, 0.29) is 5.78 Å². The second kappa shape index (κ2) is 4.69. The number of rotatable bonds is 2. The van der Waals surface area contributed by atoms with E-state index in [4.69, 9.17) is 0 Å². The SMILES string of the molecule is CC(C)C/C=C1/CCc2c([nH]c3ccccc23)C1=O. The third kappa shape index (κ3) is 2.12. The van der Waals surface area contributed by atoms with E-state index in [1.165, 1.54) is 10.9 Å². The van der Waals surface area contributed by atoms with Crippen molar-refractivity contribution in [2.75, 3.05) is 0 Å². The molecule has 0 saturated heterocycles. The van der Waals surface area contributed by atoms with Crippen molar-refractivity contribution >= 4 is 16.7 Å². The predicted octanol–water partition coefficient (Wildman–Crippen LogP) is 4.27. The molecule has 1 aromatic carbocycles. The summed E-state index contributed by atoms with van der Waals surface area (Å²) in [7, 11) is 0. The molecule has 0 atom stereocenters. The lowest BCUT2D eigenvalue weighted by atomic mass is 9.89. The molecular formula is C17H19NO. The molecule has 1 aromatic heterocycles. The van der Waals surface area contributed by atoms with Crippen LogP contribution in [0.3, 0.4) is 0 Å². The van der Waals surface area contributed by atoms with Crippen molar-refractivity contribution < 1.29 is 4.79 Å². The Morgan fingerprint density at radius 1 is 1.26 bits per heavy atom. The maximum absolute atomic E-state index is 12.5.